The van der Waals surface area contributed by atoms with Crippen molar-refractivity contribution in [2.24, 2.45) is 0 Å². The second-order valence-electron chi connectivity index (χ2n) is 8.24. The summed E-state index contributed by atoms with van der Waals surface area (Å²) in [5, 5.41) is 4.62. The van der Waals surface area contributed by atoms with Gasteiger partial charge in [-0.2, -0.15) is 0 Å². The van der Waals surface area contributed by atoms with Crippen LogP contribution in [0.1, 0.15) is 41.4 Å². The molecule has 2 N–H and O–H groups in total. The molecule has 0 saturated carbocycles. The van der Waals surface area contributed by atoms with Crippen LogP contribution < -0.4 is 10.6 Å². The summed E-state index contributed by atoms with van der Waals surface area (Å²) in [5.74, 6) is -1.45. The largest absolute Gasteiger partial charge is 0.288 e. The SMILES string of the molecule is O=C1NC(=O)c2cc(-c3ccc(-c4ccc(-c5ccc6c(c5)C(=O)NC6=O)cc4)cc3)ccc21. The number of rotatable bonds is 3. The predicted molar refractivity (Wildman–Crippen MR) is 126 cm³/mol. The second kappa shape index (κ2) is 7.35. The minimum atomic E-state index is -0.367. The number of fused-ring (bicyclic) bond motifs is 2. The van der Waals surface area contributed by atoms with Crippen LogP contribution in [0.25, 0.3) is 33.4 Å². The first-order chi connectivity index (χ1) is 16.5. The fraction of sp³-hybridized carbons (Fsp3) is 0. The van der Waals surface area contributed by atoms with E-state index in [4.69, 9.17) is 0 Å². The van der Waals surface area contributed by atoms with Crippen molar-refractivity contribution in [3.63, 3.8) is 0 Å². The lowest BCUT2D eigenvalue weighted by Gasteiger charge is -2.08. The maximum absolute atomic E-state index is 11.9. The van der Waals surface area contributed by atoms with E-state index in [0.717, 1.165) is 33.4 Å². The molecule has 2 aliphatic rings. The summed E-state index contributed by atoms with van der Waals surface area (Å²) in [7, 11) is 0. The third-order valence-corrected chi connectivity index (χ3v) is 6.24. The van der Waals surface area contributed by atoms with Crippen LogP contribution in [0, 0.1) is 0 Å². The lowest BCUT2D eigenvalue weighted by atomic mass is 9.96. The molecule has 6 heteroatoms. The molecular formula is C28H16N2O4. The number of carbonyl (C=O) groups is 4. The minimum Gasteiger partial charge on any atom is -0.288 e. The monoisotopic (exact) mass is 444 g/mol. The van der Waals surface area contributed by atoms with Gasteiger partial charge in [0, 0.05) is 0 Å². The van der Waals surface area contributed by atoms with Crippen LogP contribution in [-0.2, 0) is 0 Å². The first kappa shape index (κ1) is 19.8. The van der Waals surface area contributed by atoms with Gasteiger partial charge in [-0.1, -0.05) is 60.7 Å². The van der Waals surface area contributed by atoms with E-state index in [1.165, 1.54) is 0 Å². The summed E-state index contributed by atoms with van der Waals surface area (Å²) in [6.45, 7) is 0. The Morgan fingerprint density at radius 1 is 0.324 bits per heavy atom. The van der Waals surface area contributed by atoms with Gasteiger partial charge in [0.15, 0.2) is 0 Å². The smallest absolute Gasteiger partial charge is 0.258 e. The number of nitrogens with one attached hydrogen (secondary N) is 2. The van der Waals surface area contributed by atoms with Gasteiger partial charge in [0.1, 0.15) is 0 Å². The summed E-state index contributed by atoms with van der Waals surface area (Å²) in [6.07, 6.45) is 0. The minimum absolute atomic E-state index is 0.359. The zero-order valence-electron chi connectivity index (χ0n) is 17.7. The predicted octanol–water partition coefficient (Wildman–Crippen LogP) is 4.45. The Hall–Kier alpha value is -4.84. The van der Waals surface area contributed by atoms with Crippen LogP contribution in [-0.4, -0.2) is 23.6 Å². The zero-order valence-corrected chi connectivity index (χ0v) is 17.7. The molecule has 162 valence electrons. The van der Waals surface area contributed by atoms with E-state index < -0.39 is 0 Å². The van der Waals surface area contributed by atoms with Crippen molar-refractivity contribution < 1.29 is 19.2 Å². The molecule has 6 nitrogen and oxygen atoms in total. The van der Waals surface area contributed by atoms with E-state index in [0.29, 0.717) is 22.3 Å². The van der Waals surface area contributed by atoms with Crippen LogP contribution in [0.4, 0.5) is 0 Å². The van der Waals surface area contributed by atoms with Crippen molar-refractivity contribution in [2.75, 3.05) is 0 Å². The molecular weight excluding hydrogens is 428 g/mol. The Morgan fingerprint density at radius 2 is 0.588 bits per heavy atom. The molecule has 0 fully saturated rings. The quantitative estimate of drug-likeness (QED) is 0.457. The van der Waals surface area contributed by atoms with E-state index in [-0.39, 0.29) is 23.6 Å². The van der Waals surface area contributed by atoms with Gasteiger partial charge < -0.3 is 0 Å². The van der Waals surface area contributed by atoms with Gasteiger partial charge in [0.2, 0.25) is 0 Å². The van der Waals surface area contributed by atoms with Crippen molar-refractivity contribution in [1.82, 2.24) is 10.6 Å². The molecule has 0 spiro atoms. The third kappa shape index (κ3) is 3.12. The van der Waals surface area contributed by atoms with Crippen molar-refractivity contribution in [1.29, 1.82) is 0 Å². The Kier molecular flexibility index (Phi) is 4.28. The van der Waals surface area contributed by atoms with Gasteiger partial charge >= 0.3 is 0 Å². The molecule has 6 rings (SSSR count). The molecule has 0 radical (unpaired) electrons. The Bertz CT molecular complexity index is 1430. The molecule has 2 aliphatic heterocycles. The molecule has 0 aromatic heterocycles. The lowest BCUT2D eigenvalue weighted by molar-refractivity contribution is 0.0863. The summed E-state index contributed by atoms with van der Waals surface area (Å²) in [4.78, 5) is 47.4. The summed E-state index contributed by atoms with van der Waals surface area (Å²) < 4.78 is 0. The lowest BCUT2D eigenvalue weighted by Crippen LogP contribution is -2.19. The number of imide groups is 2. The van der Waals surface area contributed by atoms with Gasteiger partial charge in [0.25, 0.3) is 23.6 Å². The summed E-state index contributed by atoms with van der Waals surface area (Å²) in [5.41, 5.74) is 7.29. The molecule has 2 heterocycles. The molecule has 0 atom stereocenters. The number of hydrogen-bond acceptors (Lipinski definition) is 4. The van der Waals surface area contributed by atoms with Gasteiger partial charge in [-0.05, 0) is 57.6 Å². The average molecular weight is 444 g/mol. The van der Waals surface area contributed by atoms with E-state index in [1.54, 1.807) is 24.3 Å². The molecule has 4 aromatic carbocycles. The standard InChI is InChI=1S/C28H16N2O4/c31-25-21-11-9-19(13-23(21)27(33)29-25)17-5-1-15(2-6-17)16-3-7-18(8-4-16)20-10-12-22-24(14-20)28(34)30-26(22)32/h1-14H,(H,29,31,33)(H,30,32,34). The topological polar surface area (TPSA) is 92.3 Å². The maximum Gasteiger partial charge on any atom is 0.258 e. The molecule has 0 saturated heterocycles. The van der Waals surface area contributed by atoms with E-state index in [2.05, 4.69) is 10.6 Å². The Balaban J connectivity index is 1.26. The van der Waals surface area contributed by atoms with Crippen LogP contribution >= 0.6 is 0 Å². The van der Waals surface area contributed by atoms with E-state index in [9.17, 15) is 19.2 Å². The molecule has 0 bridgehead atoms. The van der Waals surface area contributed by atoms with Gasteiger partial charge in [-0.3, -0.25) is 29.8 Å². The van der Waals surface area contributed by atoms with E-state index in [1.807, 2.05) is 60.7 Å². The summed E-state index contributed by atoms with van der Waals surface area (Å²) >= 11 is 0. The Morgan fingerprint density at radius 3 is 0.941 bits per heavy atom. The number of amides is 4. The van der Waals surface area contributed by atoms with Gasteiger partial charge in [-0.15, -0.1) is 0 Å². The van der Waals surface area contributed by atoms with Crippen molar-refractivity contribution in [3.8, 4) is 33.4 Å². The van der Waals surface area contributed by atoms with Crippen LogP contribution in [0.5, 0.6) is 0 Å². The van der Waals surface area contributed by atoms with Gasteiger partial charge in [0.05, 0.1) is 22.3 Å². The van der Waals surface area contributed by atoms with Crippen LogP contribution in [0.2, 0.25) is 0 Å². The highest BCUT2D eigenvalue weighted by Gasteiger charge is 2.27. The van der Waals surface area contributed by atoms with Crippen molar-refractivity contribution in [2.45, 2.75) is 0 Å². The molecule has 34 heavy (non-hydrogen) atoms. The maximum atomic E-state index is 11.9. The van der Waals surface area contributed by atoms with Crippen molar-refractivity contribution >= 4 is 23.6 Å². The second-order valence-corrected chi connectivity index (χ2v) is 8.24. The number of benzene rings is 4. The van der Waals surface area contributed by atoms with Crippen molar-refractivity contribution in [3.05, 3.63) is 107 Å². The summed E-state index contributed by atoms with van der Waals surface area (Å²) in [6, 6.07) is 26.5. The fourth-order valence-corrected chi connectivity index (χ4v) is 4.41. The highest BCUT2D eigenvalue weighted by Crippen LogP contribution is 2.30. The highest BCUT2D eigenvalue weighted by atomic mass is 16.2. The van der Waals surface area contributed by atoms with E-state index >= 15 is 0 Å². The average Bonchev–Trinajstić information content (AvgIpc) is 3.32. The first-order valence-corrected chi connectivity index (χ1v) is 10.7. The molecule has 0 aliphatic carbocycles. The first-order valence-electron chi connectivity index (χ1n) is 10.7. The number of hydrogen-bond donors (Lipinski definition) is 2. The number of carbonyl (C=O) groups excluding carboxylic acids is 4. The Labute approximate surface area is 194 Å². The fourth-order valence-electron chi connectivity index (χ4n) is 4.41. The molecule has 0 unspecified atom stereocenters. The molecule has 4 aromatic rings. The third-order valence-electron chi connectivity index (χ3n) is 6.24. The normalized spacial score (nSPS) is 14.0. The van der Waals surface area contributed by atoms with Gasteiger partial charge in [-0.25, -0.2) is 0 Å². The molecule has 4 amide bonds. The zero-order chi connectivity index (χ0) is 23.4. The van der Waals surface area contributed by atoms with Crippen LogP contribution in [0.3, 0.4) is 0 Å². The van der Waals surface area contributed by atoms with Crippen LogP contribution in [0.15, 0.2) is 84.9 Å². The highest BCUT2D eigenvalue weighted by molar-refractivity contribution is 6.22.